The molecule has 10 heteroatoms. The fourth-order valence-electron chi connectivity index (χ4n) is 4.62. The maximum Gasteiger partial charge on any atom is 0.416 e. The van der Waals surface area contributed by atoms with E-state index < -0.39 is 23.6 Å². The predicted octanol–water partition coefficient (Wildman–Crippen LogP) is 9.94. The molecule has 0 saturated heterocycles. The molecular weight excluding hydrogens is 611 g/mol. The average Bonchev–Trinajstić information content (AvgIpc) is 3.05. The van der Waals surface area contributed by atoms with Crippen LogP contribution >= 0.6 is 0 Å². The molecule has 0 radical (unpaired) electrons. The molecule has 0 bridgehead atoms. The number of rotatable bonds is 11. The maximum atomic E-state index is 13.1. The van der Waals surface area contributed by atoms with Crippen LogP contribution in [0.25, 0.3) is 0 Å². The molecule has 5 rings (SSSR count). The molecule has 0 atom stereocenters. The molecule has 1 amide bonds. The van der Waals surface area contributed by atoms with Crippen molar-refractivity contribution in [2.24, 2.45) is 0 Å². The van der Waals surface area contributed by atoms with Crippen molar-refractivity contribution in [3.8, 4) is 28.7 Å². The number of carbonyl (C=O) groups is 2. The van der Waals surface area contributed by atoms with Crippen molar-refractivity contribution in [2.75, 3.05) is 5.32 Å². The van der Waals surface area contributed by atoms with Gasteiger partial charge < -0.3 is 24.6 Å². The van der Waals surface area contributed by atoms with Crippen LogP contribution in [-0.4, -0.2) is 17.0 Å². The molecule has 0 heterocycles. The lowest BCUT2D eigenvalue weighted by atomic mass is 9.98. The summed E-state index contributed by atoms with van der Waals surface area (Å²) >= 11 is 0. The van der Waals surface area contributed by atoms with Crippen molar-refractivity contribution in [2.45, 2.75) is 32.5 Å². The molecule has 7 nitrogen and oxygen atoms in total. The van der Waals surface area contributed by atoms with Gasteiger partial charge in [0.05, 0.1) is 16.8 Å². The number of anilines is 1. The summed E-state index contributed by atoms with van der Waals surface area (Å²) in [5.41, 5.74) is 0.814. The number of alkyl halides is 3. The molecular formula is C37H30F3NO6. The average molecular weight is 642 g/mol. The predicted molar refractivity (Wildman–Crippen MR) is 171 cm³/mol. The van der Waals surface area contributed by atoms with E-state index in [1.807, 2.05) is 44.2 Å². The summed E-state index contributed by atoms with van der Waals surface area (Å²) in [5.74, 6) is 0.130. The molecule has 0 aliphatic carbocycles. The van der Waals surface area contributed by atoms with E-state index in [4.69, 9.17) is 14.2 Å². The highest BCUT2D eigenvalue weighted by molar-refractivity contribution is 6.08. The molecule has 0 aliphatic heterocycles. The SMILES string of the molecule is CC(C)c1cc(NC(=O)c2ccc(Oc3ccccc3)cc2)c(C(=O)O)cc1Oc1ccc(COc2cccc(C(F)(F)F)c2)cc1. The Bertz CT molecular complexity index is 1860. The van der Waals surface area contributed by atoms with E-state index >= 15 is 0 Å². The van der Waals surface area contributed by atoms with Crippen LogP contribution in [0, 0.1) is 0 Å². The number of carbonyl (C=O) groups excluding carboxylic acids is 1. The number of halogens is 3. The zero-order valence-electron chi connectivity index (χ0n) is 25.4. The first-order valence-electron chi connectivity index (χ1n) is 14.6. The zero-order valence-corrected chi connectivity index (χ0v) is 25.4. The number of carboxylic acids is 1. The number of carboxylic acid groups (broad SMARTS) is 1. The topological polar surface area (TPSA) is 94.1 Å². The Labute approximate surface area is 269 Å². The molecule has 2 N–H and O–H groups in total. The van der Waals surface area contributed by atoms with Gasteiger partial charge in [-0.3, -0.25) is 4.79 Å². The van der Waals surface area contributed by atoms with Gasteiger partial charge in [0.1, 0.15) is 35.4 Å². The van der Waals surface area contributed by atoms with Crippen molar-refractivity contribution in [3.63, 3.8) is 0 Å². The minimum Gasteiger partial charge on any atom is -0.489 e. The Kier molecular flexibility index (Phi) is 9.80. The van der Waals surface area contributed by atoms with Gasteiger partial charge in [0, 0.05) is 5.56 Å². The third kappa shape index (κ3) is 8.49. The number of hydrogen-bond acceptors (Lipinski definition) is 5. The van der Waals surface area contributed by atoms with Crippen LogP contribution in [0.4, 0.5) is 18.9 Å². The summed E-state index contributed by atoms with van der Waals surface area (Å²) < 4.78 is 56.4. The van der Waals surface area contributed by atoms with E-state index in [0.717, 1.165) is 12.1 Å². The highest BCUT2D eigenvalue weighted by atomic mass is 19.4. The number of aromatic carboxylic acids is 1. The molecule has 0 unspecified atom stereocenters. The first-order chi connectivity index (χ1) is 22.5. The number of benzene rings is 5. The lowest BCUT2D eigenvalue weighted by molar-refractivity contribution is -0.137. The van der Waals surface area contributed by atoms with Crippen molar-refractivity contribution in [1.82, 2.24) is 0 Å². The maximum absolute atomic E-state index is 13.1. The van der Waals surface area contributed by atoms with Crippen LogP contribution < -0.4 is 19.5 Å². The lowest BCUT2D eigenvalue weighted by Gasteiger charge is -2.18. The van der Waals surface area contributed by atoms with E-state index in [0.29, 0.717) is 39.7 Å². The quantitative estimate of drug-likeness (QED) is 0.149. The van der Waals surface area contributed by atoms with E-state index in [-0.39, 0.29) is 29.5 Å². The Morgan fingerprint density at radius 1 is 0.745 bits per heavy atom. The van der Waals surface area contributed by atoms with Gasteiger partial charge in [0.25, 0.3) is 5.91 Å². The van der Waals surface area contributed by atoms with Crippen LogP contribution in [0.3, 0.4) is 0 Å². The molecule has 0 spiro atoms. The van der Waals surface area contributed by atoms with Gasteiger partial charge in [-0.15, -0.1) is 0 Å². The van der Waals surface area contributed by atoms with Gasteiger partial charge in [-0.2, -0.15) is 13.2 Å². The van der Waals surface area contributed by atoms with Crippen LogP contribution in [0.15, 0.2) is 115 Å². The largest absolute Gasteiger partial charge is 0.489 e. The Morgan fingerprint density at radius 2 is 1.36 bits per heavy atom. The Morgan fingerprint density at radius 3 is 2.00 bits per heavy atom. The second-order valence-corrected chi connectivity index (χ2v) is 10.8. The number of nitrogens with one attached hydrogen (secondary N) is 1. The third-order valence-electron chi connectivity index (χ3n) is 7.06. The molecule has 240 valence electrons. The van der Waals surface area contributed by atoms with E-state index in [1.165, 1.54) is 18.2 Å². The molecule has 47 heavy (non-hydrogen) atoms. The van der Waals surface area contributed by atoms with E-state index in [2.05, 4.69) is 5.32 Å². The second kappa shape index (κ2) is 14.1. The molecule has 0 aromatic heterocycles. The second-order valence-electron chi connectivity index (χ2n) is 10.8. The van der Waals surface area contributed by atoms with Crippen LogP contribution in [0.2, 0.25) is 0 Å². The summed E-state index contributed by atoms with van der Waals surface area (Å²) in [6.07, 6.45) is -4.47. The standard InChI is InChI=1S/C37H30F3NO6/c1-23(2)31-20-33(41-35(42)25-13-17-28(18-14-25)46-27-8-4-3-5-9-27)32(36(43)44)21-34(31)47-29-15-11-24(12-16-29)22-45-30-10-6-7-26(19-30)37(38,39)40/h3-21,23H,22H2,1-2H3,(H,41,42)(H,43,44). The van der Waals surface area contributed by atoms with Gasteiger partial charge in [-0.25, -0.2) is 4.79 Å². The van der Waals surface area contributed by atoms with Crippen LogP contribution in [0.5, 0.6) is 28.7 Å². The Balaban J connectivity index is 1.29. The van der Waals surface area contributed by atoms with Crippen LogP contribution in [-0.2, 0) is 12.8 Å². The fourth-order valence-corrected chi connectivity index (χ4v) is 4.62. The molecule has 0 aliphatic rings. The van der Waals surface area contributed by atoms with Gasteiger partial charge in [0.2, 0.25) is 0 Å². The van der Waals surface area contributed by atoms with Crippen molar-refractivity contribution >= 4 is 17.6 Å². The number of hydrogen-bond donors (Lipinski definition) is 2. The molecule has 5 aromatic carbocycles. The van der Waals surface area contributed by atoms with Crippen LogP contribution in [0.1, 0.15) is 57.2 Å². The summed E-state index contributed by atoms with van der Waals surface area (Å²) in [4.78, 5) is 25.4. The molecule has 0 saturated carbocycles. The molecule has 0 fully saturated rings. The summed E-state index contributed by atoms with van der Waals surface area (Å²) in [6, 6.07) is 30.0. The van der Waals surface area contributed by atoms with Gasteiger partial charge in [-0.1, -0.05) is 50.2 Å². The van der Waals surface area contributed by atoms with E-state index in [1.54, 1.807) is 54.6 Å². The normalized spacial score (nSPS) is 11.2. The third-order valence-corrected chi connectivity index (χ3v) is 7.06. The summed E-state index contributed by atoms with van der Waals surface area (Å²) in [7, 11) is 0. The summed E-state index contributed by atoms with van der Waals surface area (Å²) in [5, 5.41) is 12.7. The lowest BCUT2D eigenvalue weighted by Crippen LogP contribution is -2.15. The zero-order chi connectivity index (χ0) is 33.6. The minimum absolute atomic E-state index is 0.0270. The van der Waals surface area contributed by atoms with Gasteiger partial charge in [-0.05, 0) is 95.9 Å². The first kappa shape index (κ1) is 32.6. The highest BCUT2D eigenvalue weighted by Gasteiger charge is 2.30. The van der Waals surface area contributed by atoms with Crippen molar-refractivity contribution in [3.05, 3.63) is 143 Å². The fraction of sp³-hybridized carbons (Fsp3) is 0.135. The van der Waals surface area contributed by atoms with Crippen molar-refractivity contribution in [1.29, 1.82) is 0 Å². The minimum atomic E-state index is -4.47. The summed E-state index contributed by atoms with van der Waals surface area (Å²) in [6.45, 7) is 3.85. The van der Waals surface area contributed by atoms with Gasteiger partial charge >= 0.3 is 12.1 Å². The smallest absolute Gasteiger partial charge is 0.416 e. The molecule has 5 aromatic rings. The number of ether oxygens (including phenoxy) is 3. The Hall–Kier alpha value is -5.77. The van der Waals surface area contributed by atoms with E-state index in [9.17, 15) is 27.9 Å². The van der Waals surface area contributed by atoms with Gasteiger partial charge in [0.15, 0.2) is 0 Å². The number of amides is 1. The number of para-hydroxylation sites is 1. The first-order valence-corrected chi connectivity index (χ1v) is 14.6. The monoisotopic (exact) mass is 641 g/mol. The van der Waals surface area contributed by atoms with Crippen molar-refractivity contribution < 1.29 is 42.1 Å². The highest BCUT2D eigenvalue weighted by Crippen LogP contribution is 2.36.